The molecule has 0 radical (unpaired) electrons. The van der Waals surface area contributed by atoms with Crippen LogP contribution in [-0.2, 0) is 19.1 Å². The number of carbonyl (C=O) groups excluding carboxylic acids is 4. The number of alkyl carbamates (subject to hydrolysis) is 1. The molecule has 2 saturated carbocycles. The lowest BCUT2D eigenvalue weighted by molar-refractivity contribution is -0.145. The second-order valence-electron chi connectivity index (χ2n) is 11.3. The standard InChI is InChI=1S/C24H39N5O5/c1-22(2,3)34-21(33)25-16(15-23(4)10-6-7-11-23)19(31)27-24(12-8-13-24)18(30)20(32)26-17-9-14-29(5)28-17/h16H,6-15H2,1-5H3,(H,25,33)(H,27,31)(H,26,28,32)/t16-/m0/s1. The number of Topliss-reactive ketones (excluding diaryl/α,β-unsaturated/α-hetero) is 1. The first-order chi connectivity index (χ1) is 15.8. The first-order valence-electron chi connectivity index (χ1n) is 12.3. The van der Waals surface area contributed by atoms with Gasteiger partial charge in [0.25, 0.3) is 5.91 Å². The smallest absolute Gasteiger partial charge is 0.408 e. The quantitative estimate of drug-likeness (QED) is 0.482. The van der Waals surface area contributed by atoms with Crippen LogP contribution in [0.25, 0.3) is 0 Å². The minimum Gasteiger partial charge on any atom is -0.444 e. The van der Waals surface area contributed by atoms with Gasteiger partial charge in [-0.2, -0.15) is 5.10 Å². The fourth-order valence-corrected chi connectivity index (χ4v) is 4.91. The Morgan fingerprint density at radius 2 is 1.74 bits per heavy atom. The number of carbonyl (C=O) groups is 4. The van der Waals surface area contributed by atoms with E-state index < -0.39 is 40.9 Å². The molecule has 34 heavy (non-hydrogen) atoms. The highest BCUT2D eigenvalue weighted by molar-refractivity contribution is 6.42. The highest BCUT2D eigenvalue weighted by Crippen LogP contribution is 2.41. The number of hydrazone groups is 1. The molecular weight excluding hydrogens is 438 g/mol. The van der Waals surface area contributed by atoms with Crippen LogP contribution < -0.4 is 16.0 Å². The molecule has 1 heterocycles. The lowest BCUT2D eigenvalue weighted by Crippen LogP contribution is -2.65. The third kappa shape index (κ3) is 6.48. The summed E-state index contributed by atoms with van der Waals surface area (Å²) >= 11 is 0. The highest BCUT2D eigenvalue weighted by Gasteiger charge is 2.49. The van der Waals surface area contributed by atoms with E-state index in [0.717, 1.165) is 32.1 Å². The lowest BCUT2D eigenvalue weighted by atomic mass is 9.72. The molecule has 0 aromatic rings. The first-order valence-corrected chi connectivity index (χ1v) is 12.3. The topological polar surface area (TPSA) is 129 Å². The molecule has 10 nitrogen and oxygen atoms in total. The molecule has 0 bridgehead atoms. The van der Waals surface area contributed by atoms with Gasteiger partial charge in [0.05, 0.1) is 0 Å². The summed E-state index contributed by atoms with van der Waals surface area (Å²) in [6.45, 7) is 8.06. The Labute approximate surface area is 201 Å². The van der Waals surface area contributed by atoms with Crippen LogP contribution in [0.15, 0.2) is 5.10 Å². The van der Waals surface area contributed by atoms with Crippen LogP contribution in [0, 0.1) is 5.41 Å². The normalized spacial score (nSPS) is 21.7. The molecule has 2 aliphatic carbocycles. The Balaban J connectivity index is 1.71. The summed E-state index contributed by atoms with van der Waals surface area (Å²) in [6.07, 6.45) is 5.91. The zero-order chi connectivity index (χ0) is 25.1. The molecular formula is C24H39N5O5. The molecule has 3 N–H and O–H groups in total. The first kappa shape index (κ1) is 26.0. The number of hydrogen-bond donors (Lipinski definition) is 3. The number of nitrogens with zero attached hydrogens (tertiary/aromatic N) is 2. The van der Waals surface area contributed by atoms with Gasteiger partial charge in [0, 0.05) is 20.0 Å². The summed E-state index contributed by atoms with van der Waals surface area (Å²) in [5, 5.41) is 14.0. The molecule has 3 aliphatic rings. The molecule has 1 atom stereocenters. The Hall–Kier alpha value is -2.65. The predicted molar refractivity (Wildman–Crippen MR) is 127 cm³/mol. The van der Waals surface area contributed by atoms with Crippen LogP contribution in [-0.4, -0.2) is 65.3 Å². The van der Waals surface area contributed by atoms with E-state index in [9.17, 15) is 19.2 Å². The number of nitrogens with one attached hydrogen (secondary N) is 3. The molecule has 10 heteroatoms. The monoisotopic (exact) mass is 477 g/mol. The van der Waals surface area contributed by atoms with Crippen molar-refractivity contribution in [2.75, 3.05) is 13.6 Å². The van der Waals surface area contributed by atoms with Crippen LogP contribution in [0.1, 0.15) is 85.5 Å². The van der Waals surface area contributed by atoms with Gasteiger partial charge in [-0.1, -0.05) is 19.8 Å². The molecule has 1 aliphatic heterocycles. The van der Waals surface area contributed by atoms with Crippen LogP contribution in [0.5, 0.6) is 0 Å². The SMILES string of the molecule is CN1CCC(NC(=O)C(=O)C2(NC(=O)[C@H](CC3(C)CCCC3)NC(=O)OC(C)(C)C)CCC2)=N1. The maximum absolute atomic E-state index is 13.4. The third-order valence-corrected chi connectivity index (χ3v) is 6.95. The maximum atomic E-state index is 13.4. The summed E-state index contributed by atoms with van der Waals surface area (Å²) in [5.74, 6) is -1.46. The summed E-state index contributed by atoms with van der Waals surface area (Å²) in [4.78, 5) is 51.6. The minimum absolute atomic E-state index is 0.0855. The Bertz CT molecular complexity index is 852. The number of ketones is 1. The summed E-state index contributed by atoms with van der Waals surface area (Å²) in [7, 11) is 1.79. The van der Waals surface area contributed by atoms with E-state index in [4.69, 9.17) is 4.74 Å². The number of rotatable bonds is 7. The van der Waals surface area contributed by atoms with Crippen molar-refractivity contribution in [1.29, 1.82) is 0 Å². The van der Waals surface area contributed by atoms with Crippen molar-refractivity contribution in [2.24, 2.45) is 10.5 Å². The molecule has 190 valence electrons. The number of amides is 3. The van der Waals surface area contributed by atoms with Crippen molar-refractivity contribution in [2.45, 2.75) is 103 Å². The van der Waals surface area contributed by atoms with E-state index in [0.29, 0.717) is 38.1 Å². The van der Waals surface area contributed by atoms with Gasteiger partial charge in [0.2, 0.25) is 11.7 Å². The molecule has 0 spiro atoms. The van der Waals surface area contributed by atoms with Gasteiger partial charge in [-0.15, -0.1) is 0 Å². The van der Waals surface area contributed by atoms with Crippen molar-refractivity contribution in [3.05, 3.63) is 0 Å². The van der Waals surface area contributed by atoms with Gasteiger partial charge in [-0.25, -0.2) is 4.79 Å². The van der Waals surface area contributed by atoms with E-state index in [-0.39, 0.29) is 5.41 Å². The molecule has 0 aromatic carbocycles. The lowest BCUT2D eigenvalue weighted by Gasteiger charge is -2.41. The number of amidine groups is 1. The third-order valence-electron chi connectivity index (χ3n) is 6.95. The zero-order valence-electron chi connectivity index (χ0n) is 21.1. The minimum atomic E-state index is -1.25. The second-order valence-corrected chi connectivity index (χ2v) is 11.3. The Kier molecular flexibility index (Phi) is 7.57. The summed E-state index contributed by atoms with van der Waals surface area (Å²) in [6, 6.07) is -0.862. The number of hydrogen-bond acceptors (Lipinski definition) is 7. The van der Waals surface area contributed by atoms with Crippen LogP contribution in [0.2, 0.25) is 0 Å². The average molecular weight is 478 g/mol. The zero-order valence-corrected chi connectivity index (χ0v) is 21.1. The summed E-state index contributed by atoms with van der Waals surface area (Å²) in [5.41, 5.74) is -2.04. The van der Waals surface area contributed by atoms with E-state index in [2.05, 4.69) is 28.0 Å². The summed E-state index contributed by atoms with van der Waals surface area (Å²) < 4.78 is 5.38. The fourth-order valence-electron chi connectivity index (χ4n) is 4.91. The Morgan fingerprint density at radius 3 is 2.24 bits per heavy atom. The van der Waals surface area contributed by atoms with Crippen molar-refractivity contribution in [3.8, 4) is 0 Å². The largest absolute Gasteiger partial charge is 0.444 e. The molecule has 0 saturated heterocycles. The van der Waals surface area contributed by atoms with Crippen molar-refractivity contribution >= 4 is 29.5 Å². The van der Waals surface area contributed by atoms with Gasteiger partial charge in [0.15, 0.2) is 0 Å². The molecule has 0 aromatic heterocycles. The van der Waals surface area contributed by atoms with E-state index in [1.807, 2.05) is 0 Å². The van der Waals surface area contributed by atoms with Crippen molar-refractivity contribution in [3.63, 3.8) is 0 Å². The van der Waals surface area contributed by atoms with E-state index >= 15 is 0 Å². The second kappa shape index (κ2) is 9.92. The fraction of sp³-hybridized carbons (Fsp3) is 0.792. The van der Waals surface area contributed by atoms with Crippen molar-refractivity contribution < 1.29 is 23.9 Å². The number of ether oxygens (including phenoxy) is 1. The average Bonchev–Trinajstić information content (AvgIpc) is 3.30. The Morgan fingerprint density at radius 1 is 1.09 bits per heavy atom. The van der Waals surface area contributed by atoms with E-state index in [1.54, 1.807) is 32.8 Å². The van der Waals surface area contributed by atoms with Gasteiger partial charge in [-0.05, 0) is 64.7 Å². The van der Waals surface area contributed by atoms with E-state index in [1.165, 1.54) is 0 Å². The van der Waals surface area contributed by atoms with Crippen LogP contribution >= 0.6 is 0 Å². The van der Waals surface area contributed by atoms with Gasteiger partial charge in [-0.3, -0.25) is 19.4 Å². The van der Waals surface area contributed by atoms with Gasteiger partial charge in [0.1, 0.15) is 23.0 Å². The maximum Gasteiger partial charge on any atom is 0.408 e. The molecule has 2 fully saturated rings. The molecule has 3 rings (SSSR count). The van der Waals surface area contributed by atoms with Gasteiger partial charge < -0.3 is 20.7 Å². The van der Waals surface area contributed by atoms with Gasteiger partial charge >= 0.3 is 6.09 Å². The van der Waals surface area contributed by atoms with Crippen LogP contribution in [0.3, 0.4) is 0 Å². The predicted octanol–water partition coefficient (Wildman–Crippen LogP) is 2.22. The van der Waals surface area contributed by atoms with Crippen molar-refractivity contribution in [1.82, 2.24) is 21.0 Å². The molecule has 3 amide bonds. The highest BCUT2D eigenvalue weighted by atomic mass is 16.6. The van der Waals surface area contributed by atoms with Crippen LogP contribution in [0.4, 0.5) is 4.79 Å². The molecule has 0 unspecified atom stereocenters.